The minimum Gasteiger partial charge on any atom is -0.323 e. The van der Waals surface area contributed by atoms with Crippen molar-refractivity contribution < 1.29 is 0 Å². The van der Waals surface area contributed by atoms with Gasteiger partial charge in [0.15, 0.2) is 0 Å². The van der Waals surface area contributed by atoms with E-state index in [-0.39, 0.29) is 6.04 Å². The van der Waals surface area contributed by atoms with Crippen LogP contribution in [0, 0.1) is 11.3 Å². The summed E-state index contributed by atoms with van der Waals surface area (Å²) in [6.07, 6.45) is 3.88. The van der Waals surface area contributed by atoms with Crippen LogP contribution < -0.4 is 5.73 Å². The van der Waals surface area contributed by atoms with Gasteiger partial charge in [0.2, 0.25) is 0 Å². The number of aromatic nitrogens is 1. The largest absolute Gasteiger partial charge is 0.323 e. The van der Waals surface area contributed by atoms with E-state index < -0.39 is 0 Å². The third-order valence-corrected chi connectivity index (χ3v) is 2.43. The maximum atomic E-state index is 8.63. The van der Waals surface area contributed by atoms with Crippen molar-refractivity contribution in [2.24, 2.45) is 5.73 Å². The summed E-state index contributed by atoms with van der Waals surface area (Å²) >= 11 is 0. The Morgan fingerprint density at radius 1 is 1.40 bits per heavy atom. The summed E-state index contributed by atoms with van der Waals surface area (Å²) in [7, 11) is 0. The molecule has 0 saturated heterocycles. The zero-order valence-electron chi connectivity index (χ0n) is 8.22. The molecule has 1 aromatic heterocycles. The SMILES string of the molecule is N#CCC(N)c1cccc2cnccc12. The molecule has 1 heterocycles. The molecule has 15 heavy (non-hydrogen) atoms. The van der Waals surface area contributed by atoms with E-state index in [1.54, 1.807) is 12.4 Å². The number of benzene rings is 1. The first-order valence-electron chi connectivity index (χ1n) is 4.78. The number of hydrogen-bond donors (Lipinski definition) is 1. The van der Waals surface area contributed by atoms with Gasteiger partial charge >= 0.3 is 0 Å². The topological polar surface area (TPSA) is 62.7 Å². The van der Waals surface area contributed by atoms with Gasteiger partial charge in [0.1, 0.15) is 0 Å². The maximum Gasteiger partial charge on any atom is 0.0641 e. The highest BCUT2D eigenvalue weighted by Gasteiger charge is 2.08. The highest BCUT2D eigenvalue weighted by Crippen LogP contribution is 2.23. The van der Waals surface area contributed by atoms with Gasteiger partial charge in [-0.1, -0.05) is 18.2 Å². The van der Waals surface area contributed by atoms with Crippen LogP contribution in [0.4, 0.5) is 0 Å². The molecule has 0 radical (unpaired) electrons. The van der Waals surface area contributed by atoms with Crippen molar-refractivity contribution >= 4 is 10.8 Å². The number of hydrogen-bond acceptors (Lipinski definition) is 3. The lowest BCUT2D eigenvalue weighted by Crippen LogP contribution is -2.09. The fraction of sp³-hybridized carbons (Fsp3) is 0.167. The van der Waals surface area contributed by atoms with Crippen molar-refractivity contribution in [3.05, 3.63) is 42.2 Å². The van der Waals surface area contributed by atoms with Crippen LogP contribution in [0.2, 0.25) is 0 Å². The predicted molar refractivity (Wildman–Crippen MR) is 58.9 cm³/mol. The molecule has 3 nitrogen and oxygen atoms in total. The van der Waals surface area contributed by atoms with Crippen molar-refractivity contribution in [3.8, 4) is 6.07 Å². The van der Waals surface area contributed by atoms with Crippen LogP contribution in [0.5, 0.6) is 0 Å². The molecule has 0 spiro atoms. The third-order valence-electron chi connectivity index (χ3n) is 2.43. The highest BCUT2D eigenvalue weighted by atomic mass is 14.6. The van der Waals surface area contributed by atoms with Crippen LogP contribution in [0.15, 0.2) is 36.7 Å². The van der Waals surface area contributed by atoms with Gasteiger partial charge in [-0.2, -0.15) is 5.26 Å². The Balaban J connectivity index is 2.56. The first-order valence-corrected chi connectivity index (χ1v) is 4.78. The Labute approximate surface area is 88.2 Å². The van der Waals surface area contributed by atoms with Crippen LogP contribution in [0.1, 0.15) is 18.0 Å². The molecule has 0 aliphatic rings. The maximum absolute atomic E-state index is 8.63. The Morgan fingerprint density at radius 2 is 2.27 bits per heavy atom. The van der Waals surface area contributed by atoms with Crippen LogP contribution in [0.25, 0.3) is 10.8 Å². The quantitative estimate of drug-likeness (QED) is 0.802. The molecule has 0 fully saturated rings. The minimum absolute atomic E-state index is 0.221. The van der Waals surface area contributed by atoms with Gasteiger partial charge in [-0.15, -0.1) is 0 Å². The summed E-state index contributed by atoms with van der Waals surface area (Å²) in [4.78, 5) is 4.05. The van der Waals surface area contributed by atoms with Gasteiger partial charge in [0.25, 0.3) is 0 Å². The molecule has 1 atom stereocenters. The molecule has 0 aliphatic heterocycles. The average Bonchev–Trinajstić information content (AvgIpc) is 2.28. The number of nitriles is 1. The van der Waals surface area contributed by atoms with Gasteiger partial charge in [-0.25, -0.2) is 0 Å². The zero-order chi connectivity index (χ0) is 10.7. The van der Waals surface area contributed by atoms with Crippen LogP contribution in [0.3, 0.4) is 0 Å². The number of nitrogens with zero attached hydrogens (tertiary/aromatic N) is 2. The molecule has 0 bridgehead atoms. The smallest absolute Gasteiger partial charge is 0.0641 e. The Morgan fingerprint density at radius 3 is 3.07 bits per heavy atom. The standard InChI is InChI=1S/C12H11N3/c13-6-4-12(14)11-3-1-2-9-8-15-7-5-10(9)11/h1-3,5,7-8,12H,4,14H2. The molecule has 3 heteroatoms. The van der Waals surface area contributed by atoms with Crippen molar-refractivity contribution in [2.75, 3.05) is 0 Å². The lowest BCUT2D eigenvalue weighted by molar-refractivity contribution is 0.755. The van der Waals surface area contributed by atoms with Crippen LogP contribution in [-0.4, -0.2) is 4.98 Å². The van der Waals surface area contributed by atoms with Crippen LogP contribution in [-0.2, 0) is 0 Å². The Bertz CT molecular complexity index is 508. The zero-order valence-corrected chi connectivity index (χ0v) is 8.22. The highest BCUT2D eigenvalue weighted by molar-refractivity contribution is 5.85. The second-order valence-electron chi connectivity index (χ2n) is 3.41. The van der Waals surface area contributed by atoms with Crippen molar-refractivity contribution in [3.63, 3.8) is 0 Å². The molecular formula is C12H11N3. The summed E-state index contributed by atoms with van der Waals surface area (Å²) in [6, 6.07) is 9.70. The number of fused-ring (bicyclic) bond motifs is 1. The summed E-state index contributed by atoms with van der Waals surface area (Å²) in [5, 5.41) is 10.8. The summed E-state index contributed by atoms with van der Waals surface area (Å²) in [5.74, 6) is 0. The first kappa shape index (κ1) is 9.63. The normalized spacial score (nSPS) is 12.3. The third kappa shape index (κ3) is 1.80. The van der Waals surface area contributed by atoms with E-state index in [1.165, 1.54) is 0 Å². The van der Waals surface area contributed by atoms with E-state index in [0.29, 0.717) is 6.42 Å². The van der Waals surface area contributed by atoms with Crippen molar-refractivity contribution in [1.29, 1.82) is 5.26 Å². The average molecular weight is 197 g/mol. The van der Waals surface area contributed by atoms with Crippen LogP contribution >= 0.6 is 0 Å². The summed E-state index contributed by atoms with van der Waals surface area (Å²) in [6.45, 7) is 0. The van der Waals surface area contributed by atoms with Gasteiger partial charge in [-0.05, 0) is 17.0 Å². The molecule has 0 amide bonds. The van der Waals surface area contributed by atoms with E-state index in [4.69, 9.17) is 11.0 Å². The van der Waals surface area contributed by atoms with Gasteiger partial charge < -0.3 is 5.73 Å². The fourth-order valence-corrected chi connectivity index (χ4v) is 1.68. The predicted octanol–water partition coefficient (Wildman–Crippen LogP) is 2.15. The lowest BCUT2D eigenvalue weighted by atomic mass is 9.99. The molecule has 0 aliphatic carbocycles. The second-order valence-corrected chi connectivity index (χ2v) is 3.41. The molecule has 74 valence electrons. The molecule has 1 unspecified atom stereocenters. The van der Waals surface area contributed by atoms with Gasteiger partial charge in [0.05, 0.1) is 12.5 Å². The fourth-order valence-electron chi connectivity index (χ4n) is 1.68. The summed E-state index contributed by atoms with van der Waals surface area (Å²) in [5.41, 5.74) is 6.94. The van der Waals surface area contributed by atoms with E-state index in [9.17, 15) is 0 Å². The number of nitrogens with two attached hydrogens (primary N) is 1. The van der Waals surface area contributed by atoms with Crippen molar-refractivity contribution in [2.45, 2.75) is 12.5 Å². The molecule has 1 aromatic carbocycles. The number of rotatable bonds is 2. The molecular weight excluding hydrogens is 186 g/mol. The summed E-state index contributed by atoms with van der Waals surface area (Å²) < 4.78 is 0. The molecule has 2 N–H and O–H groups in total. The van der Waals surface area contributed by atoms with Gasteiger partial charge in [-0.3, -0.25) is 4.98 Å². The van der Waals surface area contributed by atoms with E-state index in [0.717, 1.165) is 16.3 Å². The minimum atomic E-state index is -0.221. The molecule has 0 saturated carbocycles. The Kier molecular flexibility index (Phi) is 2.61. The molecule has 2 aromatic rings. The molecule has 2 rings (SSSR count). The van der Waals surface area contributed by atoms with Crippen molar-refractivity contribution in [1.82, 2.24) is 4.98 Å². The first-order chi connectivity index (χ1) is 7.33. The Hall–Kier alpha value is -1.92. The monoisotopic (exact) mass is 197 g/mol. The van der Waals surface area contributed by atoms with E-state index in [1.807, 2.05) is 24.3 Å². The second kappa shape index (κ2) is 4.07. The van der Waals surface area contributed by atoms with E-state index >= 15 is 0 Å². The number of pyridine rings is 1. The lowest BCUT2D eigenvalue weighted by Gasteiger charge is -2.10. The van der Waals surface area contributed by atoms with Gasteiger partial charge in [0, 0.05) is 23.8 Å². The van der Waals surface area contributed by atoms with E-state index in [2.05, 4.69) is 11.1 Å².